The molecule has 2 rings (SSSR count). The number of hydrogen-bond acceptors (Lipinski definition) is 3. The summed E-state index contributed by atoms with van der Waals surface area (Å²) >= 11 is 0. The number of amides is 1. The lowest BCUT2D eigenvalue weighted by Gasteiger charge is -2.21. The summed E-state index contributed by atoms with van der Waals surface area (Å²) in [6.07, 6.45) is 1.96. The van der Waals surface area contributed by atoms with Gasteiger partial charge in [-0.05, 0) is 43.3 Å². The summed E-state index contributed by atoms with van der Waals surface area (Å²) in [4.78, 5) is 11.7. The fraction of sp³-hybridized carbons (Fsp3) is 0.562. The first-order valence-corrected chi connectivity index (χ1v) is 7.41. The number of nitrogens with one attached hydrogen (secondary N) is 2. The molecule has 1 amide bonds. The Bertz CT molecular complexity index is 408. The zero-order valence-electron chi connectivity index (χ0n) is 12.1. The zero-order valence-corrected chi connectivity index (χ0v) is 12.1. The lowest BCUT2D eigenvalue weighted by Crippen LogP contribution is -2.32. The molecule has 0 unspecified atom stereocenters. The van der Waals surface area contributed by atoms with Crippen LogP contribution in [0.3, 0.4) is 0 Å². The molecule has 1 fully saturated rings. The van der Waals surface area contributed by atoms with E-state index in [4.69, 9.17) is 4.74 Å². The quantitative estimate of drug-likeness (QED) is 0.888. The number of carbonyl (C=O) groups excluding carboxylic acids is 1. The Morgan fingerprint density at radius 1 is 1.30 bits per heavy atom. The van der Waals surface area contributed by atoms with E-state index in [2.05, 4.69) is 17.6 Å². The van der Waals surface area contributed by atoms with Gasteiger partial charge in [0.25, 0.3) is 0 Å². The number of ether oxygens (including phenoxy) is 1. The van der Waals surface area contributed by atoms with E-state index in [1.807, 2.05) is 30.3 Å². The first-order chi connectivity index (χ1) is 9.75. The Hall–Kier alpha value is -1.55. The van der Waals surface area contributed by atoms with Crippen LogP contribution >= 0.6 is 0 Å². The van der Waals surface area contributed by atoms with E-state index >= 15 is 0 Å². The summed E-state index contributed by atoms with van der Waals surface area (Å²) in [5.41, 5.74) is 1.01. The van der Waals surface area contributed by atoms with Crippen LogP contribution in [0.1, 0.15) is 25.3 Å². The summed E-state index contributed by atoms with van der Waals surface area (Å²) in [6, 6.07) is 9.73. The molecule has 2 N–H and O–H groups in total. The van der Waals surface area contributed by atoms with E-state index in [0.717, 1.165) is 25.1 Å². The minimum atomic E-state index is -0.321. The van der Waals surface area contributed by atoms with Crippen LogP contribution in [0.15, 0.2) is 30.3 Å². The van der Waals surface area contributed by atoms with E-state index in [-0.39, 0.29) is 6.09 Å². The predicted octanol–water partition coefficient (Wildman–Crippen LogP) is 2.55. The van der Waals surface area contributed by atoms with Crippen molar-refractivity contribution in [1.82, 2.24) is 10.6 Å². The first kappa shape index (κ1) is 14.9. The lowest BCUT2D eigenvalue weighted by atomic mass is 9.90. The van der Waals surface area contributed by atoms with Gasteiger partial charge in [-0.25, -0.2) is 4.79 Å². The van der Waals surface area contributed by atoms with Crippen molar-refractivity contribution in [2.24, 2.45) is 11.8 Å². The molecule has 0 bridgehead atoms. The maximum Gasteiger partial charge on any atom is 0.407 e. The van der Waals surface area contributed by atoms with Gasteiger partial charge in [-0.3, -0.25) is 0 Å². The average Bonchev–Trinajstić information content (AvgIpc) is 2.68. The predicted molar refractivity (Wildman–Crippen MR) is 79.4 cm³/mol. The number of hydrogen-bond donors (Lipinski definition) is 2. The number of rotatable bonds is 4. The summed E-state index contributed by atoms with van der Waals surface area (Å²) in [6.45, 7) is 5.41. The third-order valence-corrected chi connectivity index (χ3v) is 3.99. The van der Waals surface area contributed by atoms with E-state index in [1.54, 1.807) is 0 Å². The van der Waals surface area contributed by atoms with Crippen LogP contribution in [0.4, 0.5) is 4.79 Å². The van der Waals surface area contributed by atoms with E-state index in [1.165, 1.54) is 6.42 Å². The van der Waals surface area contributed by atoms with Gasteiger partial charge in [0.05, 0.1) is 0 Å². The molecule has 0 spiro atoms. The second kappa shape index (κ2) is 7.90. The Kier molecular flexibility index (Phi) is 5.87. The van der Waals surface area contributed by atoms with Crippen LogP contribution in [0.2, 0.25) is 0 Å². The Labute approximate surface area is 120 Å². The van der Waals surface area contributed by atoms with Crippen LogP contribution in [-0.4, -0.2) is 25.7 Å². The topological polar surface area (TPSA) is 50.4 Å². The molecular formula is C16H24N2O2. The highest BCUT2D eigenvalue weighted by Gasteiger charge is 2.20. The van der Waals surface area contributed by atoms with Crippen molar-refractivity contribution in [3.8, 4) is 0 Å². The second-order valence-corrected chi connectivity index (χ2v) is 5.51. The molecular weight excluding hydrogens is 252 g/mol. The highest BCUT2D eigenvalue weighted by Crippen LogP contribution is 2.20. The molecule has 1 aromatic carbocycles. The first-order valence-electron chi connectivity index (χ1n) is 7.41. The molecule has 0 saturated carbocycles. The number of alkyl carbamates (subject to hydrolysis) is 1. The second-order valence-electron chi connectivity index (χ2n) is 5.51. The summed E-state index contributed by atoms with van der Waals surface area (Å²) in [5, 5.41) is 6.29. The van der Waals surface area contributed by atoms with Crippen LogP contribution in [0.25, 0.3) is 0 Å². The zero-order chi connectivity index (χ0) is 14.2. The van der Waals surface area contributed by atoms with E-state index in [0.29, 0.717) is 25.0 Å². The SMILES string of the molecule is C[C@@H]1CCNCC[C@H]1CNC(=O)OCc1ccccc1. The van der Waals surface area contributed by atoms with Gasteiger partial charge in [-0.15, -0.1) is 0 Å². The van der Waals surface area contributed by atoms with Crippen molar-refractivity contribution in [2.45, 2.75) is 26.4 Å². The van der Waals surface area contributed by atoms with Crippen LogP contribution in [0.5, 0.6) is 0 Å². The molecule has 20 heavy (non-hydrogen) atoms. The molecule has 1 aliphatic heterocycles. The fourth-order valence-electron chi connectivity index (χ4n) is 2.55. The minimum Gasteiger partial charge on any atom is -0.445 e. The molecule has 1 saturated heterocycles. The molecule has 110 valence electrons. The van der Waals surface area contributed by atoms with Crippen molar-refractivity contribution in [1.29, 1.82) is 0 Å². The molecule has 4 heteroatoms. The maximum absolute atomic E-state index is 11.7. The summed E-state index contributed by atoms with van der Waals surface area (Å²) in [5.74, 6) is 1.17. The van der Waals surface area contributed by atoms with Gasteiger partial charge in [-0.2, -0.15) is 0 Å². The summed E-state index contributed by atoms with van der Waals surface area (Å²) in [7, 11) is 0. The lowest BCUT2D eigenvalue weighted by molar-refractivity contribution is 0.136. The van der Waals surface area contributed by atoms with Gasteiger partial charge in [0, 0.05) is 6.54 Å². The minimum absolute atomic E-state index is 0.321. The van der Waals surface area contributed by atoms with E-state index in [9.17, 15) is 4.79 Å². The molecule has 1 aliphatic rings. The average molecular weight is 276 g/mol. The Morgan fingerprint density at radius 3 is 2.85 bits per heavy atom. The third-order valence-electron chi connectivity index (χ3n) is 3.99. The van der Waals surface area contributed by atoms with Gasteiger partial charge < -0.3 is 15.4 Å². The van der Waals surface area contributed by atoms with Gasteiger partial charge >= 0.3 is 6.09 Å². The fourth-order valence-corrected chi connectivity index (χ4v) is 2.55. The molecule has 2 atom stereocenters. The van der Waals surface area contributed by atoms with Gasteiger partial charge in [-0.1, -0.05) is 37.3 Å². The van der Waals surface area contributed by atoms with Crippen molar-refractivity contribution in [3.63, 3.8) is 0 Å². The highest BCUT2D eigenvalue weighted by atomic mass is 16.5. The standard InChI is InChI=1S/C16H24N2O2/c1-13-7-9-17-10-8-15(13)11-18-16(19)20-12-14-5-3-2-4-6-14/h2-6,13,15,17H,7-12H2,1H3,(H,18,19)/t13-,15+/m1/s1. The summed E-state index contributed by atoms with van der Waals surface area (Å²) < 4.78 is 5.22. The van der Waals surface area contributed by atoms with Crippen molar-refractivity contribution < 1.29 is 9.53 Å². The van der Waals surface area contributed by atoms with Crippen molar-refractivity contribution in [3.05, 3.63) is 35.9 Å². The highest BCUT2D eigenvalue weighted by molar-refractivity contribution is 5.67. The molecule has 1 heterocycles. The van der Waals surface area contributed by atoms with Crippen LogP contribution < -0.4 is 10.6 Å². The Morgan fingerprint density at radius 2 is 2.05 bits per heavy atom. The number of benzene rings is 1. The number of carbonyl (C=O) groups is 1. The Balaban J connectivity index is 1.69. The van der Waals surface area contributed by atoms with Gasteiger partial charge in [0.15, 0.2) is 0 Å². The van der Waals surface area contributed by atoms with Gasteiger partial charge in [0.1, 0.15) is 6.61 Å². The monoisotopic (exact) mass is 276 g/mol. The molecule has 0 aromatic heterocycles. The molecule has 4 nitrogen and oxygen atoms in total. The normalized spacial score (nSPS) is 22.9. The smallest absolute Gasteiger partial charge is 0.407 e. The van der Waals surface area contributed by atoms with E-state index < -0.39 is 0 Å². The van der Waals surface area contributed by atoms with Crippen LogP contribution in [0, 0.1) is 11.8 Å². The van der Waals surface area contributed by atoms with Crippen LogP contribution in [-0.2, 0) is 11.3 Å². The molecule has 0 radical (unpaired) electrons. The molecule has 1 aromatic rings. The maximum atomic E-state index is 11.7. The third kappa shape index (κ3) is 4.85. The largest absolute Gasteiger partial charge is 0.445 e. The molecule has 0 aliphatic carbocycles. The van der Waals surface area contributed by atoms with Crippen molar-refractivity contribution >= 4 is 6.09 Å². The van der Waals surface area contributed by atoms with Crippen molar-refractivity contribution in [2.75, 3.05) is 19.6 Å². The van der Waals surface area contributed by atoms with Gasteiger partial charge in [0.2, 0.25) is 0 Å².